The quantitative estimate of drug-likeness (QED) is 0.188. The smallest absolute Gasteiger partial charge is 0.143 e. The van der Waals surface area contributed by atoms with Crippen molar-refractivity contribution in [3.8, 4) is 33.4 Å². The predicted octanol–water partition coefficient (Wildman–Crippen LogP) is 12.7. The first-order chi connectivity index (χ1) is 22.8. The van der Waals surface area contributed by atoms with Crippen LogP contribution >= 0.6 is 11.3 Å². The summed E-state index contributed by atoms with van der Waals surface area (Å²) in [4.78, 5) is 4.78. The van der Waals surface area contributed by atoms with E-state index in [0.29, 0.717) is 0 Å². The molecule has 0 unspecified atom stereocenters. The van der Waals surface area contributed by atoms with Crippen molar-refractivity contribution in [1.29, 1.82) is 0 Å². The number of rotatable bonds is 3. The molecule has 0 aliphatic carbocycles. The molecule has 0 atom stereocenters. The highest BCUT2D eigenvalue weighted by Gasteiger charge is 2.16. The van der Waals surface area contributed by atoms with Crippen molar-refractivity contribution in [2.75, 3.05) is 0 Å². The molecule has 0 aliphatic rings. The lowest BCUT2D eigenvalue weighted by Gasteiger charge is -2.10. The van der Waals surface area contributed by atoms with E-state index in [1.165, 1.54) is 47.6 Å². The number of aromatic nitrogens is 1. The van der Waals surface area contributed by atoms with Gasteiger partial charge >= 0.3 is 0 Å². The van der Waals surface area contributed by atoms with Gasteiger partial charge in [0.05, 0.1) is 5.52 Å². The van der Waals surface area contributed by atoms with Gasteiger partial charge in [0.2, 0.25) is 0 Å². The molecule has 0 fully saturated rings. The highest BCUT2D eigenvalue weighted by atomic mass is 32.1. The molecular formula is C43H25NOS. The third-order valence-corrected chi connectivity index (χ3v) is 10.5. The standard InChI is InChI=1S/C43H25NOS/c1-2-14-38-35(9-1)41-31(11-5-15-39(41)46-38)26-16-18-27(19-17-26)33-12-4-13-34-36-25-30(22-23-37(36)45-43(33)34)32-10-3-7-28-20-21-29-8-6-24-44-42(29)40(28)32/h1-25H. The minimum atomic E-state index is 0.891. The van der Waals surface area contributed by atoms with Crippen molar-refractivity contribution >= 4 is 75.1 Å². The zero-order valence-corrected chi connectivity index (χ0v) is 25.5. The molecule has 0 amide bonds. The van der Waals surface area contributed by atoms with E-state index in [9.17, 15) is 0 Å². The highest BCUT2D eigenvalue weighted by molar-refractivity contribution is 7.25. The van der Waals surface area contributed by atoms with E-state index in [-0.39, 0.29) is 0 Å². The maximum absolute atomic E-state index is 6.59. The van der Waals surface area contributed by atoms with Gasteiger partial charge in [0.15, 0.2) is 0 Å². The Balaban J connectivity index is 1.10. The van der Waals surface area contributed by atoms with Crippen molar-refractivity contribution in [3.63, 3.8) is 0 Å². The van der Waals surface area contributed by atoms with Crippen LogP contribution in [-0.4, -0.2) is 4.98 Å². The monoisotopic (exact) mass is 603 g/mol. The Kier molecular flexibility index (Phi) is 5.48. The Bertz CT molecular complexity index is 2800. The fourth-order valence-corrected chi connectivity index (χ4v) is 8.32. The molecule has 46 heavy (non-hydrogen) atoms. The second-order valence-electron chi connectivity index (χ2n) is 11.9. The molecule has 3 heterocycles. The minimum Gasteiger partial charge on any atom is -0.455 e. The summed E-state index contributed by atoms with van der Waals surface area (Å²) < 4.78 is 9.23. The summed E-state index contributed by atoms with van der Waals surface area (Å²) in [5.41, 5.74) is 9.90. The summed E-state index contributed by atoms with van der Waals surface area (Å²) in [7, 11) is 0. The van der Waals surface area contributed by atoms with E-state index in [0.717, 1.165) is 49.5 Å². The van der Waals surface area contributed by atoms with Gasteiger partial charge in [-0.25, -0.2) is 0 Å². The summed E-state index contributed by atoms with van der Waals surface area (Å²) in [5.74, 6) is 0. The Hall–Kier alpha value is -5.77. The minimum absolute atomic E-state index is 0.891. The number of hydrogen-bond donors (Lipinski definition) is 0. The zero-order valence-electron chi connectivity index (χ0n) is 24.7. The van der Waals surface area contributed by atoms with Gasteiger partial charge in [-0.3, -0.25) is 4.98 Å². The van der Waals surface area contributed by atoms with Crippen LogP contribution in [0.4, 0.5) is 0 Å². The lowest BCUT2D eigenvalue weighted by molar-refractivity contribution is 0.670. The van der Waals surface area contributed by atoms with Crippen molar-refractivity contribution in [1.82, 2.24) is 4.98 Å². The second kappa shape index (κ2) is 9.87. The van der Waals surface area contributed by atoms with Gasteiger partial charge in [-0.05, 0) is 63.5 Å². The van der Waals surface area contributed by atoms with Gasteiger partial charge in [-0.2, -0.15) is 0 Å². The lowest BCUT2D eigenvalue weighted by atomic mass is 9.94. The average Bonchev–Trinajstić information content (AvgIpc) is 3.69. The lowest BCUT2D eigenvalue weighted by Crippen LogP contribution is -1.86. The van der Waals surface area contributed by atoms with Crippen LogP contribution in [0.2, 0.25) is 0 Å². The van der Waals surface area contributed by atoms with Crippen LogP contribution in [0.15, 0.2) is 156 Å². The SMILES string of the molecule is c1cnc2c(c1)ccc1cccc(-c3ccc4oc5c(-c6ccc(-c7cccc8sc9ccccc9c78)cc6)cccc5c4c3)c12. The van der Waals surface area contributed by atoms with Gasteiger partial charge in [0.25, 0.3) is 0 Å². The molecule has 0 N–H and O–H groups in total. The maximum atomic E-state index is 6.59. The number of para-hydroxylation sites is 1. The third kappa shape index (κ3) is 3.79. The first-order valence-electron chi connectivity index (χ1n) is 15.5. The molecule has 0 spiro atoms. The van der Waals surface area contributed by atoms with Crippen LogP contribution in [0.25, 0.3) is 97.2 Å². The van der Waals surface area contributed by atoms with Crippen LogP contribution in [0, 0.1) is 0 Å². The topological polar surface area (TPSA) is 26.0 Å². The van der Waals surface area contributed by atoms with Crippen LogP contribution in [0.1, 0.15) is 0 Å². The molecule has 0 bridgehead atoms. The molecule has 3 heteroatoms. The molecule has 7 aromatic carbocycles. The average molecular weight is 604 g/mol. The number of benzene rings is 7. The molecule has 214 valence electrons. The molecule has 10 rings (SSSR count). The molecule has 0 aliphatic heterocycles. The van der Waals surface area contributed by atoms with Crippen LogP contribution in [-0.2, 0) is 0 Å². The summed E-state index contributed by atoms with van der Waals surface area (Å²) in [5, 5.41) is 8.41. The normalized spacial score (nSPS) is 11.9. The number of thiophene rings is 1. The summed E-state index contributed by atoms with van der Waals surface area (Å²) in [6.07, 6.45) is 1.88. The van der Waals surface area contributed by atoms with E-state index in [4.69, 9.17) is 9.40 Å². The maximum Gasteiger partial charge on any atom is 0.143 e. The van der Waals surface area contributed by atoms with Crippen LogP contribution < -0.4 is 0 Å². The Morgan fingerprint density at radius 1 is 0.457 bits per heavy atom. The fraction of sp³-hybridized carbons (Fsp3) is 0. The van der Waals surface area contributed by atoms with E-state index >= 15 is 0 Å². The van der Waals surface area contributed by atoms with Gasteiger partial charge in [0, 0.05) is 53.5 Å². The fourth-order valence-electron chi connectivity index (χ4n) is 7.19. The van der Waals surface area contributed by atoms with Gasteiger partial charge < -0.3 is 4.42 Å². The second-order valence-corrected chi connectivity index (χ2v) is 13.0. The highest BCUT2D eigenvalue weighted by Crippen LogP contribution is 2.42. The van der Waals surface area contributed by atoms with E-state index in [2.05, 4.69) is 140 Å². The van der Waals surface area contributed by atoms with Crippen molar-refractivity contribution in [2.24, 2.45) is 0 Å². The Morgan fingerprint density at radius 2 is 1.13 bits per heavy atom. The largest absolute Gasteiger partial charge is 0.455 e. The van der Waals surface area contributed by atoms with Crippen LogP contribution in [0.3, 0.4) is 0 Å². The summed E-state index contributed by atoms with van der Waals surface area (Å²) >= 11 is 1.86. The molecule has 0 radical (unpaired) electrons. The van der Waals surface area contributed by atoms with E-state index < -0.39 is 0 Å². The zero-order chi connectivity index (χ0) is 30.2. The number of hydrogen-bond acceptors (Lipinski definition) is 3. The number of furan rings is 1. The van der Waals surface area contributed by atoms with Gasteiger partial charge in [-0.1, -0.05) is 115 Å². The Morgan fingerprint density at radius 3 is 2.04 bits per heavy atom. The number of pyridine rings is 1. The van der Waals surface area contributed by atoms with E-state index in [1.54, 1.807) is 0 Å². The van der Waals surface area contributed by atoms with Gasteiger partial charge in [-0.15, -0.1) is 11.3 Å². The van der Waals surface area contributed by atoms with Crippen molar-refractivity contribution in [3.05, 3.63) is 152 Å². The van der Waals surface area contributed by atoms with E-state index in [1.807, 2.05) is 23.6 Å². The molecule has 3 aromatic heterocycles. The molecule has 10 aromatic rings. The molecule has 0 saturated carbocycles. The molecule has 0 saturated heterocycles. The summed E-state index contributed by atoms with van der Waals surface area (Å²) in [6.45, 7) is 0. The number of fused-ring (bicyclic) bond motifs is 9. The number of nitrogens with zero attached hydrogens (tertiary/aromatic N) is 1. The first-order valence-corrected chi connectivity index (χ1v) is 16.3. The third-order valence-electron chi connectivity index (χ3n) is 9.33. The van der Waals surface area contributed by atoms with Crippen molar-refractivity contribution in [2.45, 2.75) is 0 Å². The Labute approximate surface area is 268 Å². The summed E-state index contributed by atoms with van der Waals surface area (Å²) in [6, 6.07) is 52.3. The van der Waals surface area contributed by atoms with Crippen molar-refractivity contribution < 1.29 is 4.42 Å². The first kappa shape index (κ1) is 25.5. The molecular weight excluding hydrogens is 579 g/mol. The predicted molar refractivity (Wildman–Crippen MR) is 196 cm³/mol. The molecule has 2 nitrogen and oxygen atoms in total. The van der Waals surface area contributed by atoms with Crippen LogP contribution in [0.5, 0.6) is 0 Å². The van der Waals surface area contributed by atoms with Gasteiger partial charge in [0.1, 0.15) is 11.2 Å².